The van der Waals surface area contributed by atoms with Crippen molar-refractivity contribution >= 4 is 16.0 Å². The normalized spacial score (nSPS) is 18.0. The Morgan fingerprint density at radius 1 is 0.875 bits per heavy atom. The van der Waals surface area contributed by atoms with Crippen molar-refractivity contribution in [2.24, 2.45) is 0 Å². The first-order chi connectivity index (χ1) is 6.65. The predicted molar refractivity (Wildman–Crippen MR) is 31.0 cm³/mol. The summed E-state index contributed by atoms with van der Waals surface area (Å²) >= 11 is 0. The zero-order valence-electron chi connectivity index (χ0n) is 6.66. The summed E-state index contributed by atoms with van der Waals surface area (Å²) in [7, 11) is -7.47. The molecule has 16 heavy (non-hydrogen) atoms. The molecule has 0 aromatic rings. The summed E-state index contributed by atoms with van der Waals surface area (Å²) < 4.78 is 113. The van der Waals surface area contributed by atoms with Gasteiger partial charge < -0.3 is 0 Å². The van der Waals surface area contributed by atoms with Crippen LogP contribution in [-0.4, -0.2) is 31.6 Å². The average molecular weight is 280 g/mol. The van der Waals surface area contributed by atoms with E-state index in [1.165, 1.54) is 0 Å². The molecule has 0 saturated carbocycles. The molecule has 0 saturated heterocycles. The first kappa shape index (κ1) is 15.1. The van der Waals surface area contributed by atoms with Gasteiger partial charge in [0.1, 0.15) is 0 Å². The van der Waals surface area contributed by atoms with Crippen molar-refractivity contribution in [1.82, 2.24) is 0 Å². The summed E-state index contributed by atoms with van der Waals surface area (Å²) in [5, 5.41) is -6.64. The van der Waals surface area contributed by atoms with Gasteiger partial charge in [0.15, 0.2) is 0 Å². The maximum atomic E-state index is 12.5. The van der Waals surface area contributed by atoms with Crippen LogP contribution in [0.5, 0.6) is 0 Å². The van der Waals surface area contributed by atoms with Gasteiger partial charge in [-0.25, -0.2) is 4.39 Å². The molecule has 12 heteroatoms. The zero-order valence-corrected chi connectivity index (χ0v) is 7.47. The number of hydrogen-bond donors (Lipinski definition) is 0. The van der Waals surface area contributed by atoms with E-state index in [1.54, 1.807) is 0 Å². The van der Waals surface area contributed by atoms with Crippen molar-refractivity contribution < 1.29 is 47.8 Å². The van der Waals surface area contributed by atoms with Crippen molar-refractivity contribution in [3.63, 3.8) is 0 Å². The van der Waals surface area contributed by atoms with Crippen LogP contribution in [0.1, 0.15) is 0 Å². The van der Waals surface area contributed by atoms with Crippen LogP contribution in [0.2, 0.25) is 0 Å². The number of Topliss-reactive ketones (excluding diaryl/α,β-unsaturated/α-hetero) is 1. The van der Waals surface area contributed by atoms with Gasteiger partial charge in [-0.2, -0.15) is 34.8 Å². The lowest BCUT2D eigenvalue weighted by Crippen LogP contribution is -2.57. The van der Waals surface area contributed by atoms with E-state index in [0.717, 1.165) is 0 Å². The molecule has 0 spiro atoms. The van der Waals surface area contributed by atoms with Crippen LogP contribution in [0.4, 0.5) is 34.6 Å². The first-order valence-electron chi connectivity index (χ1n) is 2.97. The molecule has 3 nitrogen and oxygen atoms in total. The van der Waals surface area contributed by atoms with E-state index in [2.05, 4.69) is 0 Å². The lowest BCUT2D eigenvalue weighted by Gasteiger charge is -2.22. The maximum Gasteiger partial charge on any atom is 0.455 e. The first-order valence-corrected chi connectivity index (χ1v) is 4.35. The number of hydrogen-bond acceptors (Lipinski definition) is 3. The minimum absolute atomic E-state index is 4.39. The Bertz CT molecular complexity index is 390. The quantitative estimate of drug-likeness (QED) is 0.571. The smallest absolute Gasteiger partial charge is 0.284 e. The molecule has 0 aliphatic heterocycles. The van der Waals surface area contributed by atoms with Crippen LogP contribution in [0.25, 0.3) is 0 Å². The van der Waals surface area contributed by atoms with Crippen LogP contribution >= 0.6 is 0 Å². The van der Waals surface area contributed by atoms with E-state index in [1.807, 2.05) is 0 Å². The molecule has 0 heterocycles. The van der Waals surface area contributed by atoms with Gasteiger partial charge >= 0.3 is 33.4 Å². The van der Waals surface area contributed by atoms with Gasteiger partial charge in [-0.1, -0.05) is 0 Å². The molecule has 0 aromatic carbocycles. The maximum absolute atomic E-state index is 12.5. The lowest BCUT2D eigenvalue weighted by molar-refractivity contribution is -0.225. The van der Waals surface area contributed by atoms with Gasteiger partial charge in [0.2, 0.25) is 0 Å². The van der Waals surface area contributed by atoms with Gasteiger partial charge in [-0.3, -0.25) is 4.79 Å². The number of carbonyl (C=O) groups excluding carboxylic acids is 1. The molecule has 0 amide bonds. The highest BCUT2D eigenvalue weighted by Crippen LogP contribution is 2.43. The van der Waals surface area contributed by atoms with Crippen molar-refractivity contribution in [1.29, 1.82) is 0 Å². The highest BCUT2D eigenvalue weighted by atomic mass is 32.3. The fraction of sp³-hybridized carbons (Fsp3) is 0.750. The Labute approximate surface area is 82.2 Å². The zero-order chi connectivity index (χ0) is 13.6. The SMILES string of the molecule is O=C(C(F)(F)F)C(F)(C(F)(F)F)S(=O)(=O)F. The van der Waals surface area contributed by atoms with Crippen LogP contribution in [-0.2, 0) is 15.0 Å². The van der Waals surface area contributed by atoms with Crippen LogP contribution in [0.3, 0.4) is 0 Å². The Kier molecular flexibility index (Phi) is 3.32. The third kappa shape index (κ3) is 2.25. The van der Waals surface area contributed by atoms with E-state index >= 15 is 0 Å². The second-order valence-electron chi connectivity index (χ2n) is 2.36. The molecular formula is C4F8O3S. The van der Waals surface area contributed by atoms with Crippen molar-refractivity contribution in [3.05, 3.63) is 0 Å². The second kappa shape index (κ2) is 3.53. The number of alkyl halides is 7. The summed E-state index contributed by atoms with van der Waals surface area (Å²) in [6.07, 6.45) is -13.4. The Balaban J connectivity index is 5.95. The number of halogens is 8. The van der Waals surface area contributed by atoms with Gasteiger partial charge in [0, 0.05) is 0 Å². The van der Waals surface area contributed by atoms with Crippen LogP contribution in [0.15, 0.2) is 0 Å². The third-order valence-electron chi connectivity index (χ3n) is 1.25. The molecule has 0 aromatic heterocycles. The molecule has 0 aliphatic carbocycles. The summed E-state index contributed by atoms with van der Waals surface area (Å²) in [5.74, 6) is -4.39. The Morgan fingerprint density at radius 2 is 1.19 bits per heavy atom. The molecule has 0 aliphatic rings. The second-order valence-corrected chi connectivity index (χ2v) is 3.80. The molecule has 1 unspecified atom stereocenters. The Hall–Kier alpha value is -0.940. The van der Waals surface area contributed by atoms with E-state index in [4.69, 9.17) is 0 Å². The molecule has 1 atom stereocenters. The Morgan fingerprint density at radius 3 is 1.25 bits per heavy atom. The standard InChI is InChI=1S/C4F8O3S/c5-2(4(9,10)11,16(12,14)15)1(13)3(6,7)8. The fourth-order valence-electron chi connectivity index (χ4n) is 0.560. The fourth-order valence-corrected chi connectivity index (χ4v) is 1.17. The lowest BCUT2D eigenvalue weighted by atomic mass is 10.2. The molecule has 0 bridgehead atoms. The van der Waals surface area contributed by atoms with E-state index < -0.39 is 33.4 Å². The van der Waals surface area contributed by atoms with E-state index in [-0.39, 0.29) is 0 Å². The van der Waals surface area contributed by atoms with Crippen molar-refractivity contribution in [2.45, 2.75) is 17.4 Å². The molecule has 0 fully saturated rings. The van der Waals surface area contributed by atoms with Gasteiger partial charge in [-0.05, 0) is 0 Å². The molecule has 96 valence electrons. The number of rotatable bonds is 2. The largest absolute Gasteiger partial charge is 0.455 e. The summed E-state index contributed by atoms with van der Waals surface area (Å²) in [6, 6.07) is 0. The van der Waals surface area contributed by atoms with Gasteiger partial charge in [-0.15, -0.1) is 3.89 Å². The van der Waals surface area contributed by atoms with Crippen molar-refractivity contribution in [2.75, 3.05) is 0 Å². The van der Waals surface area contributed by atoms with Gasteiger partial charge in [0.05, 0.1) is 0 Å². The predicted octanol–water partition coefficient (Wildman–Crippen LogP) is 1.65. The molecule has 0 radical (unpaired) electrons. The number of carbonyl (C=O) groups is 1. The van der Waals surface area contributed by atoms with Gasteiger partial charge in [0.25, 0.3) is 0 Å². The average Bonchev–Trinajstić information content (AvgIpc) is 1.95. The molecular weight excluding hydrogens is 280 g/mol. The van der Waals surface area contributed by atoms with Crippen molar-refractivity contribution in [3.8, 4) is 0 Å². The minimum atomic E-state index is -7.47. The summed E-state index contributed by atoms with van der Waals surface area (Å²) in [4.78, 5) is 9.94. The third-order valence-corrected chi connectivity index (χ3v) is 2.34. The molecule has 0 rings (SSSR count). The minimum Gasteiger partial charge on any atom is -0.284 e. The summed E-state index contributed by atoms with van der Waals surface area (Å²) in [5.41, 5.74) is 0. The number of ketones is 1. The van der Waals surface area contributed by atoms with E-state index in [9.17, 15) is 47.8 Å². The van der Waals surface area contributed by atoms with Crippen LogP contribution in [0, 0.1) is 0 Å². The molecule has 0 N–H and O–H groups in total. The highest BCUT2D eigenvalue weighted by molar-refractivity contribution is 7.88. The highest BCUT2D eigenvalue weighted by Gasteiger charge is 2.77. The monoisotopic (exact) mass is 280 g/mol. The van der Waals surface area contributed by atoms with Crippen LogP contribution < -0.4 is 0 Å². The summed E-state index contributed by atoms with van der Waals surface area (Å²) in [6.45, 7) is 0. The van der Waals surface area contributed by atoms with E-state index in [0.29, 0.717) is 0 Å². The topological polar surface area (TPSA) is 51.2 Å².